The molecule has 2 aromatic heterocycles. The van der Waals surface area contributed by atoms with E-state index in [1.807, 2.05) is 30.3 Å². The Bertz CT molecular complexity index is 956. The van der Waals surface area contributed by atoms with Crippen LogP contribution in [0.3, 0.4) is 0 Å². The Hall–Kier alpha value is -3.16. The molecule has 8 heteroatoms. The summed E-state index contributed by atoms with van der Waals surface area (Å²) in [5.41, 5.74) is 0.534. The van der Waals surface area contributed by atoms with Gasteiger partial charge in [0.1, 0.15) is 12.4 Å². The first-order valence-electron chi connectivity index (χ1n) is 8.27. The molecule has 8 nitrogen and oxygen atoms in total. The number of anilines is 2. The molecular weight excluding hydrogens is 320 g/mol. The first-order valence-corrected chi connectivity index (χ1v) is 8.27. The van der Waals surface area contributed by atoms with Crippen molar-refractivity contribution in [3.63, 3.8) is 0 Å². The second kappa shape index (κ2) is 6.39. The Morgan fingerprint density at radius 2 is 1.88 bits per heavy atom. The maximum Gasteiger partial charge on any atom is 0.352 e. The largest absolute Gasteiger partial charge is 0.352 e. The molecule has 1 saturated heterocycles. The molecule has 1 aliphatic rings. The predicted molar refractivity (Wildman–Crippen MR) is 92.8 cm³/mol. The van der Waals surface area contributed by atoms with Gasteiger partial charge in [0.05, 0.1) is 0 Å². The van der Waals surface area contributed by atoms with Gasteiger partial charge in [0.25, 0.3) is 5.78 Å². The maximum atomic E-state index is 12.4. The minimum Gasteiger partial charge on any atom is -0.341 e. The second-order valence-corrected chi connectivity index (χ2v) is 6.00. The molecule has 128 valence electrons. The number of carbonyl (C=O) groups is 1. The Morgan fingerprint density at radius 3 is 2.64 bits per heavy atom. The quantitative estimate of drug-likeness (QED) is 0.774. The molecule has 1 fully saturated rings. The Morgan fingerprint density at radius 1 is 1.12 bits per heavy atom. The van der Waals surface area contributed by atoms with E-state index in [1.165, 1.54) is 9.08 Å². The van der Waals surface area contributed by atoms with Gasteiger partial charge < -0.3 is 10.2 Å². The van der Waals surface area contributed by atoms with Gasteiger partial charge in [-0.1, -0.05) is 18.2 Å². The van der Waals surface area contributed by atoms with E-state index in [9.17, 15) is 9.59 Å². The van der Waals surface area contributed by atoms with Gasteiger partial charge in [-0.3, -0.25) is 4.79 Å². The lowest BCUT2D eigenvalue weighted by molar-refractivity contribution is -0.131. The van der Waals surface area contributed by atoms with Crippen molar-refractivity contribution in [2.75, 3.05) is 18.4 Å². The molecular formula is C17H18N6O2. The number of amides is 1. The van der Waals surface area contributed by atoms with E-state index >= 15 is 0 Å². The molecule has 1 aromatic carbocycles. The van der Waals surface area contributed by atoms with Crippen LogP contribution in [0.15, 0.2) is 47.4 Å². The third-order valence-electron chi connectivity index (χ3n) is 4.24. The van der Waals surface area contributed by atoms with Crippen LogP contribution >= 0.6 is 0 Å². The summed E-state index contributed by atoms with van der Waals surface area (Å²) in [6.45, 7) is 1.46. The molecule has 4 rings (SSSR count). The summed E-state index contributed by atoms with van der Waals surface area (Å²) >= 11 is 0. The smallest absolute Gasteiger partial charge is 0.341 e. The van der Waals surface area contributed by atoms with E-state index in [2.05, 4.69) is 15.4 Å². The molecule has 1 amide bonds. The standard InChI is InChI=1S/C17H18N6O2/c24-15(21-9-4-5-10-21)12-23-17(25)22-11-8-14(19-16(22)20-23)18-13-6-2-1-3-7-13/h1-3,6-8,11H,4-5,9-10,12H2,(H,18,19,20). The zero-order valence-electron chi connectivity index (χ0n) is 13.6. The lowest BCUT2D eigenvalue weighted by atomic mass is 10.3. The fourth-order valence-electron chi connectivity index (χ4n) is 2.94. The highest BCUT2D eigenvalue weighted by Gasteiger charge is 2.20. The molecule has 25 heavy (non-hydrogen) atoms. The zero-order chi connectivity index (χ0) is 17.2. The number of carbonyl (C=O) groups excluding carboxylic acids is 1. The number of likely N-dealkylation sites (tertiary alicyclic amines) is 1. The molecule has 3 heterocycles. The first-order chi connectivity index (χ1) is 12.2. The van der Waals surface area contributed by atoms with Gasteiger partial charge in [-0.2, -0.15) is 4.98 Å². The zero-order valence-corrected chi connectivity index (χ0v) is 13.6. The maximum absolute atomic E-state index is 12.4. The van der Waals surface area contributed by atoms with Gasteiger partial charge in [0, 0.05) is 25.0 Å². The first kappa shape index (κ1) is 15.4. The number of nitrogens with one attached hydrogen (secondary N) is 1. The number of aromatic nitrogens is 4. The topological polar surface area (TPSA) is 84.5 Å². The molecule has 0 spiro atoms. The molecule has 3 aromatic rings. The number of nitrogens with zero attached hydrogens (tertiary/aromatic N) is 5. The number of hydrogen-bond donors (Lipinski definition) is 1. The van der Waals surface area contributed by atoms with Crippen LogP contribution < -0.4 is 11.0 Å². The summed E-state index contributed by atoms with van der Waals surface area (Å²) in [6, 6.07) is 11.3. The molecule has 0 bridgehead atoms. The molecule has 0 atom stereocenters. The van der Waals surface area contributed by atoms with Crippen molar-refractivity contribution in [3.05, 3.63) is 53.1 Å². The van der Waals surface area contributed by atoms with E-state index in [0.717, 1.165) is 31.6 Å². The Kier molecular flexibility index (Phi) is 3.93. The minimum atomic E-state index is -0.360. The highest BCUT2D eigenvalue weighted by molar-refractivity contribution is 5.76. The van der Waals surface area contributed by atoms with E-state index in [1.54, 1.807) is 17.2 Å². The summed E-state index contributed by atoms with van der Waals surface area (Å²) in [6.07, 6.45) is 3.64. The highest BCUT2D eigenvalue weighted by atomic mass is 16.2. The lowest BCUT2D eigenvalue weighted by Crippen LogP contribution is -2.34. The predicted octanol–water partition coefficient (Wildman–Crippen LogP) is 1.26. The molecule has 1 N–H and O–H groups in total. The van der Waals surface area contributed by atoms with E-state index < -0.39 is 0 Å². The van der Waals surface area contributed by atoms with Gasteiger partial charge in [-0.05, 0) is 31.0 Å². The number of benzene rings is 1. The van der Waals surface area contributed by atoms with Crippen LogP contribution in [-0.2, 0) is 11.3 Å². The van der Waals surface area contributed by atoms with Gasteiger partial charge >= 0.3 is 5.69 Å². The normalized spacial score (nSPS) is 14.2. The molecule has 1 aliphatic heterocycles. The van der Waals surface area contributed by atoms with E-state index in [4.69, 9.17) is 0 Å². The number of fused-ring (bicyclic) bond motifs is 1. The number of hydrogen-bond acceptors (Lipinski definition) is 5. The summed E-state index contributed by atoms with van der Waals surface area (Å²) in [7, 11) is 0. The van der Waals surface area contributed by atoms with Crippen LogP contribution in [-0.4, -0.2) is 43.1 Å². The third-order valence-corrected chi connectivity index (χ3v) is 4.24. The average Bonchev–Trinajstić information content (AvgIpc) is 3.25. The van der Waals surface area contributed by atoms with Crippen LogP contribution in [0.5, 0.6) is 0 Å². The summed E-state index contributed by atoms with van der Waals surface area (Å²) in [4.78, 5) is 30.7. The Labute approximate surface area is 143 Å². The van der Waals surface area contributed by atoms with Crippen LogP contribution in [0.1, 0.15) is 12.8 Å². The van der Waals surface area contributed by atoms with Crippen molar-refractivity contribution in [1.29, 1.82) is 0 Å². The van der Waals surface area contributed by atoms with Crippen molar-refractivity contribution in [1.82, 2.24) is 24.1 Å². The van der Waals surface area contributed by atoms with E-state index in [0.29, 0.717) is 5.82 Å². The fourth-order valence-corrected chi connectivity index (χ4v) is 2.94. The SMILES string of the molecule is O=C(Cn1nc2nc(Nc3ccccc3)ccn2c1=O)N1CCCC1. The van der Waals surface area contributed by atoms with Crippen LogP contribution in [0.2, 0.25) is 0 Å². The van der Waals surface area contributed by atoms with Crippen LogP contribution in [0.25, 0.3) is 5.78 Å². The average molecular weight is 338 g/mol. The van der Waals surface area contributed by atoms with Crippen LogP contribution in [0, 0.1) is 0 Å². The highest BCUT2D eigenvalue weighted by Crippen LogP contribution is 2.13. The summed E-state index contributed by atoms with van der Waals surface area (Å²) < 4.78 is 2.52. The van der Waals surface area contributed by atoms with Gasteiger partial charge in [-0.15, -0.1) is 5.10 Å². The van der Waals surface area contributed by atoms with Gasteiger partial charge in [0.15, 0.2) is 0 Å². The van der Waals surface area contributed by atoms with E-state index in [-0.39, 0.29) is 23.9 Å². The van der Waals surface area contributed by atoms with Crippen molar-refractivity contribution in [2.45, 2.75) is 19.4 Å². The summed E-state index contributed by atoms with van der Waals surface area (Å²) in [5, 5.41) is 7.35. The van der Waals surface area contributed by atoms with Crippen molar-refractivity contribution in [2.24, 2.45) is 0 Å². The monoisotopic (exact) mass is 338 g/mol. The van der Waals surface area contributed by atoms with Crippen molar-refractivity contribution < 1.29 is 4.79 Å². The van der Waals surface area contributed by atoms with Gasteiger partial charge in [-0.25, -0.2) is 13.9 Å². The third kappa shape index (κ3) is 3.10. The van der Waals surface area contributed by atoms with Crippen molar-refractivity contribution >= 4 is 23.2 Å². The molecule has 0 aliphatic carbocycles. The molecule has 0 unspecified atom stereocenters. The number of para-hydroxylation sites is 1. The summed E-state index contributed by atoms with van der Waals surface area (Å²) in [5.74, 6) is 0.771. The van der Waals surface area contributed by atoms with Crippen molar-refractivity contribution in [3.8, 4) is 0 Å². The molecule has 0 radical (unpaired) electrons. The number of rotatable bonds is 4. The molecule has 0 saturated carbocycles. The van der Waals surface area contributed by atoms with Crippen LogP contribution in [0.4, 0.5) is 11.5 Å². The Balaban J connectivity index is 1.58. The second-order valence-electron chi connectivity index (χ2n) is 6.00. The lowest BCUT2D eigenvalue weighted by Gasteiger charge is -2.14. The van der Waals surface area contributed by atoms with Gasteiger partial charge in [0.2, 0.25) is 5.91 Å². The minimum absolute atomic E-state index is 0.0519. The fraction of sp³-hybridized carbons (Fsp3) is 0.294.